The van der Waals surface area contributed by atoms with E-state index >= 15 is 0 Å². The lowest BCUT2D eigenvalue weighted by atomic mass is 10.4. The molecule has 1 aromatic carbocycles. The van der Waals surface area contributed by atoms with Gasteiger partial charge in [-0.3, -0.25) is 10.1 Å². The Labute approximate surface area is 117 Å². The number of rotatable bonds is 4. The van der Waals surface area contributed by atoms with Crippen LogP contribution >= 0.6 is 23.4 Å². The zero-order valence-electron chi connectivity index (χ0n) is 9.41. The van der Waals surface area contributed by atoms with E-state index in [4.69, 9.17) is 17.4 Å². The SMILES string of the molecule is NNc1ncnc(Sc2cccc(Cl)c2)c1[N+](=O)[O-]. The molecule has 1 aromatic heterocycles. The molecule has 0 aliphatic heterocycles. The largest absolute Gasteiger partial charge is 0.344 e. The van der Waals surface area contributed by atoms with Gasteiger partial charge in [0.2, 0.25) is 5.82 Å². The first-order valence-electron chi connectivity index (χ1n) is 5.01. The first-order chi connectivity index (χ1) is 9.11. The molecule has 2 rings (SSSR count). The van der Waals surface area contributed by atoms with E-state index in [-0.39, 0.29) is 16.5 Å². The summed E-state index contributed by atoms with van der Waals surface area (Å²) < 4.78 is 0. The van der Waals surface area contributed by atoms with Gasteiger partial charge in [0.05, 0.1) is 4.92 Å². The summed E-state index contributed by atoms with van der Waals surface area (Å²) in [4.78, 5) is 18.8. The summed E-state index contributed by atoms with van der Waals surface area (Å²) in [7, 11) is 0. The number of hydrogen-bond donors (Lipinski definition) is 2. The molecule has 0 radical (unpaired) electrons. The number of halogens is 1. The van der Waals surface area contributed by atoms with Crippen LogP contribution in [0.15, 0.2) is 40.5 Å². The fraction of sp³-hybridized carbons (Fsp3) is 0. The van der Waals surface area contributed by atoms with Crippen molar-refractivity contribution in [2.24, 2.45) is 5.84 Å². The summed E-state index contributed by atoms with van der Waals surface area (Å²) in [6, 6.07) is 6.93. The van der Waals surface area contributed by atoms with Crippen LogP contribution < -0.4 is 11.3 Å². The summed E-state index contributed by atoms with van der Waals surface area (Å²) in [6.07, 6.45) is 1.20. The zero-order chi connectivity index (χ0) is 13.8. The monoisotopic (exact) mass is 297 g/mol. The molecule has 0 aliphatic rings. The average molecular weight is 298 g/mol. The van der Waals surface area contributed by atoms with Crippen LogP contribution in [-0.2, 0) is 0 Å². The van der Waals surface area contributed by atoms with Crippen molar-refractivity contribution in [2.75, 3.05) is 5.43 Å². The predicted octanol–water partition coefficient (Wildman–Crippen LogP) is 2.48. The van der Waals surface area contributed by atoms with Gasteiger partial charge in [0.25, 0.3) is 0 Å². The molecule has 0 unspecified atom stereocenters. The summed E-state index contributed by atoms with van der Waals surface area (Å²) in [5, 5.41) is 11.8. The molecule has 0 atom stereocenters. The molecule has 0 saturated heterocycles. The highest BCUT2D eigenvalue weighted by atomic mass is 35.5. The molecular weight excluding hydrogens is 290 g/mol. The first kappa shape index (κ1) is 13.5. The quantitative estimate of drug-likeness (QED) is 0.386. The lowest BCUT2D eigenvalue weighted by molar-refractivity contribution is -0.387. The molecule has 0 bridgehead atoms. The number of nitro groups is 1. The topological polar surface area (TPSA) is 107 Å². The van der Waals surface area contributed by atoms with E-state index in [2.05, 4.69) is 15.4 Å². The van der Waals surface area contributed by atoms with Crippen LogP contribution in [0.25, 0.3) is 0 Å². The van der Waals surface area contributed by atoms with Crippen LogP contribution in [0, 0.1) is 10.1 Å². The van der Waals surface area contributed by atoms with Crippen LogP contribution in [-0.4, -0.2) is 14.9 Å². The lowest BCUT2D eigenvalue weighted by Crippen LogP contribution is -2.11. The number of aromatic nitrogens is 2. The third kappa shape index (κ3) is 3.11. The van der Waals surface area contributed by atoms with Gasteiger partial charge < -0.3 is 5.43 Å². The van der Waals surface area contributed by atoms with E-state index in [0.29, 0.717) is 5.02 Å². The van der Waals surface area contributed by atoms with Crippen LogP contribution in [0.2, 0.25) is 5.02 Å². The third-order valence-electron chi connectivity index (χ3n) is 2.12. The summed E-state index contributed by atoms with van der Waals surface area (Å²) in [5.74, 6) is 5.16. The maximum atomic E-state index is 11.0. The Morgan fingerprint density at radius 2 is 2.21 bits per heavy atom. The van der Waals surface area contributed by atoms with Gasteiger partial charge in [0.15, 0.2) is 5.03 Å². The smallest absolute Gasteiger partial charge is 0.303 e. The second-order valence-corrected chi connectivity index (χ2v) is 4.84. The van der Waals surface area contributed by atoms with Gasteiger partial charge in [0.1, 0.15) is 6.33 Å². The Bertz CT molecular complexity index is 625. The molecule has 0 fully saturated rings. The minimum atomic E-state index is -0.581. The summed E-state index contributed by atoms with van der Waals surface area (Å²) >= 11 is 6.97. The van der Waals surface area contributed by atoms with E-state index in [1.54, 1.807) is 24.3 Å². The maximum Gasteiger partial charge on any atom is 0.344 e. The molecule has 1 heterocycles. The molecule has 7 nitrogen and oxygen atoms in total. The van der Waals surface area contributed by atoms with E-state index in [1.165, 1.54) is 6.33 Å². The molecule has 9 heteroatoms. The number of nitrogens with two attached hydrogens (primary N) is 1. The third-order valence-corrected chi connectivity index (χ3v) is 3.34. The molecule has 19 heavy (non-hydrogen) atoms. The van der Waals surface area contributed by atoms with Crippen molar-refractivity contribution in [2.45, 2.75) is 9.92 Å². The van der Waals surface area contributed by atoms with E-state index in [1.807, 2.05) is 0 Å². The van der Waals surface area contributed by atoms with Gasteiger partial charge >= 0.3 is 5.69 Å². The molecule has 0 spiro atoms. The van der Waals surface area contributed by atoms with Crippen LogP contribution in [0.3, 0.4) is 0 Å². The Hall–Kier alpha value is -1.90. The Morgan fingerprint density at radius 3 is 2.84 bits per heavy atom. The number of nitrogens with zero attached hydrogens (tertiary/aromatic N) is 3. The van der Waals surface area contributed by atoms with Gasteiger partial charge in [0, 0.05) is 9.92 Å². The molecule has 0 aliphatic carbocycles. The lowest BCUT2D eigenvalue weighted by Gasteiger charge is -2.05. The van der Waals surface area contributed by atoms with E-state index < -0.39 is 4.92 Å². The Balaban J connectivity index is 2.42. The fourth-order valence-corrected chi connectivity index (χ4v) is 2.53. The normalized spacial score (nSPS) is 10.2. The van der Waals surface area contributed by atoms with Crippen LogP contribution in [0.4, 0.5) is 11.5 Å². The van der Waals surface area contributed by atoms with Crippen LogP contribution in [0.5, 0.6) is 0 Å². The van der Waals surface area contributed by atoms with Crippen molar-refractivity contribution in [3.05, 3.63) is 45.7 Å². The fourth-order valence-electron chi connectivity index (χ4n) is 1.35. The van der Waals surface area contributed by atoms with Crippen LogP contribution in [0.1, 0.15) is 0 Å². The van der Waals surface area contributed by atoms with Crippen molar-refractivity contribution < 1.29 is 4.92 Å². The van der Waals surface area contributed by atoms with Crippen molar-refractivity contribution >= 4 is 34.9 Å². The Morgan fingerprint density at radius 1 is 1.42 bits per heavy atom. The molecule has 0 saturated carbocycles. The number of nitrogens with one attached hydrogen (secondary N) is 1. The second kappa shape index (κ2) is 5.83. The number of anilines is 1. The second-order valence-electron chi connectivity index (χ2n) is 3.34. The molecule has 2 aromatic rings. The maximum absolute atomic E-state index is 11.0. The molecule has 98 valence electrons. The number of benzene rings is 1. The van der Waals surface area contributed by atoms with E-state index in [9.17, 15) is 10.1 Å². The molecule has 3 N–H and O–H groups in total. The first-order valence-corrected chi connectivity index (χ1v) is 6.20. The Kier molecular flexibility index (Phi) is 4.15. The standard InChI is InChI=1S/C10H8ClN5O2S/c11-6-2-1-3-7(4-6)19-10-8(16(17)18)9(15-12)13-5-14-10/h1-5H,12H2,(H,13,14,15). The zero-order valence-corrected chi connectivity index (χ0v) is 11.0. The van der Waals surface area contributed by atoms with Crippen molar-refractivity contribution in [1.29, 1.82) is 0 Å². The van der Waals surface area contributed by atoms with E-state index in [0.717, 1.165) is 16.7 Å². The average Bonchev–Trinajstić information content (AvgIpc) is 2.38. The van der Waals surface area contributed by atoms with Crippen molar-refractivity contribution in [3.8, 4) is 0 Å². The van der Waals surface area contributed by atoms with Crippen molar-refractivity contribution in [1.82, 2.24) is 9.97 Å². The van der Waals surface area contributed by atoms with Gasteiger partial charge in [-0.1, -0.05) is 29.4 Å². The number of hydrazine groups is 1. The molecule has 0 amide bonds. The van der Waals surface area contributed by atoms with Gasteiger partial charge in [-0.15, -0.1) is 0 Å². The summed E-state index contributed by atoms with van der Waals surface area (Å²) in [6.45, 7) is 0. The summed E-state index contributed by atoms with van der Waals surface area (Å²) in [5.41, 5.74) is 1.91. The highest BCUT2D eigenvalue weighted by Crippen LogP contribution is 2.36. The predicted molar refractivity (Wildman–Crippen MR) is 72.1 cm³/mol. The van der Waals surface area contributed by atoms with Gasteiger partial charge in [-0.25, -0.2) is 15.8 Å². The van der Waals surface area contributed by atoms with Crippen molar-refractivity contribution in [3.63, 3.8) is 0 Å². The highest BCUT2D eigenvalue weighted by Gasteiger charge is 2.23. The minimum Gasteiger partial charge on any atom is -0.303 e. The number of hydrogen-bond acceptors (Lipinski definition) is 7. The van der Waals surface area contributed by atoms with Gasteiger partial charge in [-0.2, -0.15) is 0 Å². The minimum absolute atomic E-state index is 0.0375. The molecular formula is C10H8ClN5O2S. The highest BCUT2D eigenvalue weighted by molar-refractivity contribution is 7.99. The number of nitrogen functional groups attached to an aromatic ring is 1. The van der Waals surface area contributed by atoms with Gasteiger partial charge in [-0.05, 0) is 18.2 Å².